The SMILES string of the molecule is COc1ccc(C(CC(=O)O)N2C(=O)c3ccccc3C2=O)cc1OC1Cc2ccccc2C1. The third-order valence-electron chi connectivity index (χ3n) is 6.38. The van der Waals surface area contributed by atoms with Crippen LogP contribution in [0.3, 0.4) is 0 Å². The predicted molar refractivity (Wildman–Crippen MR) is 123 cm³/mol. The Hall–Kier alpha value is -4.13. The summed E-state index contributed by atoms with van der Waals surface area (Å²) in [5.74, 6) is -1.18. The van der Waals surface area contributed by atoms with Crippen molar-refractivity contribution in [2.75, 3.05) is 7.11 Å². The molecule has 172 valence electrons. The van der Waals surface area contributed by atoms with E-state index in [0.29, 0.717) is 17.1 Å². The highest BCUT2D eigenvalue weighted by Gasteiger charge is 2.41. The number of fused-ring (bicyclic) bond motifs is 2. The standard InChI is InChI=1S/C27H23NO6/c1-33-23-11-10-18(14-24(23)34-19-12-16-6-2-3-7-17(16)13-19)22(15-25(29)30)28-26(31)20-8-4-5-9-21(20)27(28)32/h2-11,14,19,22H,12-13,15H2,1H3,(H,29,30). The summed E-state index contributed by atoms with van der Waals surface area (Å²) in [5.41, 5.74) is 3.51. The van der Waals surface area contributed by atoms with Crippen molar-refractivity contribution >= 4 is 17.8 Å². The lowest BCUT2D eigenvalue weighted by molar-refractivity contribution is -0.138. The first-order chi connectivity index (χ1) is 16.5. The Morgan fingerprint density at radius 2 is 1.53 bits per heavy atom. The molecule has 1 aliphatic heterocycles. The first-order valence-electron chi connectivity index (χ1n) is 11.1. The van der Waals surface area contributed by atoms with Crippen LogP contribution < -0.4 is 9.47 Å². The summed E-state index contributed by atoms with van der Waals surface area (Å²) in [6.45, 7) is 0. The van der Waals surface area contributed by atoms with Gasteiger partial charge in [0.05, 0.1) is 30.7 Å². The number of benzene rings is 3. The van der Waals surface area contributed by atoms with E-state index in [4.69, 9.17) is 9.47 Å². The van der Waals surface area contributed by atoms with Crippen LogP contribution in [0.5, 0.6) is 11.5 Å². The van der Waals surface area contributed by atoms with Gasteiger partial charge < -0.3 is 14.6 Å². The lowest BCUT2D eigenvalue weighted by Gasteiger charge is -2.26. The molecular weight excluding hydrogens is 434 g/mol. The Morgan fingerprint density at radius 1 is 0.941 bits per heavy atom. The maximum Gasteiger partial charge on any atom is 0.305 e. The molecule has 1 unspecified atom stereocenters. The van der Waals surface area contributed by atoms with E-state index in [9.17, 15) is 19.5 Å². The monoisotopic (exact) mass is 457 g/mol. The normalized spacial score (nSPS) is 15.7. The van der Waals surface area contributed by atoms with Crippen LogP contribution in [0.4, 0.5) is 0 Å². The first-order valence-corrected chi connectivity index (χ1v) is 11.1. The molecular formula is C27H23NO6. The Balaban J connectivity index is 1.48. The second-order valence-corrected chi connectivity index (χ2v) is 8.47. The van der Waals surface area contributed by atoms with Crippen molar-refractivity contribution in [2.45, 2.75) is 31.4 Å². The van der Waals surface area contributed by atoms with Gasteiger partial charge in [0.25, 0.3) is 11.8 Å². The van der Waals surface area contributed by atoms with Crippen molar-refractivity contribution < 1.29 is 29.0 Å². The summed E-state index contributed by atoms with van der Waals surface area (Å²) in [6, 6.07) is 18.7. The van der Waals surface area contributed by atoms with Crippen LogP contribution in [0.1, 0.15) is 49.9 Å². The molecule has 3 aromatic carbocycles. The number of methoxy groups -OCH3 is 1. The molecule has 7 heteroatoms. The molecule has 0 spiro atoms. The van der Waals surface area contributed by atoms with E-state index in [1.54, 1.807) is 42.5 Å². The summed E-state index contributed by atoms with van der Waals surface area (Å²) in [5, 5.41) is 9.59. The number of hydrogen-bond donors (Lipinski definition) is 1. The van der Waals surface area contributed by atoms with Crippen LogP contribution in [-0.2, 0) is 17.6 Å². The molecule has 0 fully saturated rings. The predicted octanol–water partition coefficient (Wildman–Crippen LogP) is 4.05. The minimum absolute atomic E-state index is 0.0984. The minimum atomic E-state index is -1.12. The molecule has 3 aromatic rings. The zero-order valence-electron chi connectivity index (χ0n) is 18.6. The summed E-state index contributed by atoms with van der Waals surface area (Å²) in [4.78, 5) is 38.9. The molecule has 7 nitrogen and oxygen atoms in total. The summed E-state index contributed by atoms with van der Waals surface area (Å²) in [7, 11) is 1.53. The lowest BCUT2D eigenvalue weighted by Crippen LogP contribution is -2.35. The van der Waals surface area contributed by atoms with Gasteiger partial charge in [0.15, 0.2) is 11.5 Å². The smallest absolute Gasteiger partial charge is 0.305 e. The van der Waals surface area contributed by atoms with Gasteiger partial charge in [-0.1, -0.05) is 42.5 Å². The van der Waals surface area contributed by atoms with E-state index < -0.39 is 30.2 Å². The van der Waals surface area contributed by atoms with E-state index in [-0.39, 0.29) is 17.2 Å². The third kappa shape index (κ3) is 3.79. The second kappa shape index (κ2) is 8.67. The fourth-order valence-corrected chi connectivity index (χ4v) is 4.79. The molecule has 0 bridgehead atoms. The van der Waals surface area contributed by atoms with Gasteiger partial charge in [-0.2, -0.15) is 0 Å². The number of ether oxygens (including phenoxy) is 2. The second-order valence-electron chi connectivity index (χ2n) is 8.47. The topological polar surface area (TPSA) is 93.1 Å². The number of carbonyl (C=O) groups excluding carboxylic acids is 2. The molecule has 1 N–H and O–H groups in total. The van der Waals surface area contributed by atoms with E-state index in [1.807, 2.05) is 12.1 Å². The zero-order valence-corrected chi connectivity index (χ0v) is 18.6. The number of carboxylic acids is 1. The highest BCUT2D eigenvalue weighted by molar-refractivity contribution is 6.21. The van der Waals surface area contributed by atoms with E-state index >= 15 is 0 Å². The van der Waals surface area contributed by atoms with Gasteiger partial charge in [0.1, 0.15) is 6.10 Å². The Morgan fingerprint density at radius 3 is 2.09 bits per heavy atom. The van der Waals surface area contributed by atoms with Crippen LogP contribution in [0.2, 0.25) is 0 Å². The molecule has 34 heavy (non-hydrogen) atoms. The number of imide groups is 1. The maximum atomic E-state index is 13.1. The van der Waals surface area contributed by atoms with Crippen LogP contribution in [-0.4, -0.2) is 41.0 Å². The largest absolute Gasteiger partial charge is 0.493 e. The van der Waals surface area contributed by atoms with E-state index in [0.717, 1.165) is 17.7 Å². The summed E-state index contributed by atoms with van der Waals surface area (Å²) < 4.78 is 11.8. The number of hydrogen-bond acceptors (Lipinski definition) is 5. The Labute approximate surface area is 196 Å². The molecule has 1 aliphatic carbocycles. The highest BCUT2D eigenvalue weighted by Crippen LogP contribution is 2.38. The van der Waals surface area contributed by atoms with Crippen molar-refractivity contribution in [1.82, 2.24) is 4.90 Å². The van der Waals surface area contributed by atoms with Crippen molar-refractivity contribution in [1.29, 1.82) is 0 Å². The molecule has 1 heterocycles. The zero-order chi connectivity index (χ0) is 23.8. The van der Waals surface area contributed by atoms with Crippen molar-refractivity contribution in [3.8, 4) is 11.5 Å². The number of carbonyl (C=O) groups is 3. The highest BCUT2D eigenvalue weighted by atomic mass is 16.5. The van der Waals surface area contributed by atoms with Gasteiger partial charge in [0, 0.05) is 12.8 Å². The fourth-order valence-electron chi connectivity index (χ4n) is 4.79. The van der Waals surface area contributed by atoms with Crippen molar-refractivity contribution in [3.63, 3.8) is 0 Å². The van der Waals surface area contributed by atoms with Crippen LogP contribution in [0, 0.1) is 0 Å². The quantitative estimate of drug-likeness (QED) is 0.538. The van der Waals surface area contributed by atoms with Crippen LogP contribution in [0.15, 0.2) is 66.7 Å². The average Bonchev–Trinajstić information content (AvgIpc) is 3.35. The summed E-state index contributed by atoms with van der Waals surface area (Å²) >= 11 is 0. The van der Waals surface area contributed by atoms with Gasteiger partial charge in [-0.25, -0.2) is 0 Å². The molecule has 0 saturated heterocycles. The average molecular weight is 457 g/mol. The number of rotatable bonds is 7. The number of aliphatic carboxylic acids is 1. The first kappa shape index (κ1) is 21.7. The number of nitrogens with zero attached hydrogens (tertiary/aromatic N) is 1. The van der Waals surface area contributed by atoms with Gasteiger partial charge in [-0.15, -0.1) is 0 Å². The maximum absolute atomic E-state index is 13.1. The summed E-state index contributed by atoms with van der Waals surface area (Å²) in [6.07, 6.45) is 0.978. The molecule has 0 saturated carbocycles. The van der Waals surface area contributed by atoms with Gasteiger partial charge in [-0.05, 0) is 41.0 Å². The molecule has 2 amide bonds. The molecule has 0 aromatic heterocycles. The molecule has 0 radical (unpaired) electrons. The minimum Gasteiger partial charge on any atom is -0.493 e. The lowest BCUT2D eigenvalue weighted by atomic mass is 10.0. The van der Waals surface area contributed by atoms with Crippen molar-refractivity contribution in [3.05, 3.63) is 94.5 Å². The third-order valence-corrected chi connectivity index (χ3v) is 6.38. The Kier molecular flexibility index (Phi) is 5.53. The van der Waals surface area contributed by atoms with Gasteiger partial charge in [-0.3, -0.25) is 19.3 Å². The van der Waals surface area contributed by atoms with Gasteiger partial charge in [0.2, 0.25) is 0 Å². The number of amides is 2. The van der Waals surface area contributed by atoms with Crippen LogP contribution >= 0.6 is 0 Å². The van der Waals surface area contributed by atoms with Crippen LogP contribution in [0.25, 0.3) is 0 Å². The number of carboxylic acid groups (broad SMARTS) is 1. The van der Waals surface area contributed by atoms with E-state index in [1.165, 1.54) is 18.2 Å². The Bertz CT molecular complexity index is 1240. The van der Waals surface area contributed by atoms with Gasteiger partial charge >= 0.3 is 5.97 Å². The molecule has 1 atom stereocenters. The fraction of sp³-hybridized carbons (Fsp3) is 0.222. The van der Waals surface area contributed by atoms with Crippen molar-refractivity contribution in [2.24, 2.45) is 0 Å². The van der Waals surface area contributed by atoms with E-state index in [2.05, 4.69) is 12.1 Å². The molecule has 2 aliphatic rings. The molecule has 5 rings (SSSR count).